The Bertz CT molecular complexity index is 1010. The number of carbonyl (C=O) groups excluding carboxylic acids is 2. The van der Waals surface area contributed by atoms with Crippen LogP contribution in [0.25, 0.3) is 10.9 Å². The number of aromatic nitrogens is 1. The highest BCUT2D eigenvalue weighted by molar-refractivity contribution is 6.32. The zero-order valence-electron chi connectivity index (χ0n) is 12.8. The summed E-state index contributed by atoms with van der Waals surface area (Å²) >= 11 is 11.6. The van der Waals surface area contributed by atoms with Gasteiger partial charge in [-0.25, -0.2) is 8.96 Å². The molecule has 8 heteroatoms. The van der Waals surface area contributed by atoms with Crippen molar-refractivity contribution in [3.63, 3.8) is 0 Å². The standard InChI is InChI=1S/C17H11Cl2FN2O3/c1-8(23)22-14-7-13(20)12(19)6-11(14)15(17(22)25)16(24)21-10-4-2-9(18)3-5-10/h2-7,25H,1H3,(H,21,24). The number of carbonyl (C=O) groups is 2. The molecule has 0 unspecified atom stereocenters. The quantitative estimate of drug-likeness (QED) is 0.676. The molecule has 0 bridgehead atoms. The molecule has 25 heavy (non-hydrogen) atoms. The molecule has 0 saturated carbocycles. The Morgan fingerprint density at radius 3 is 2.40 bits per heavy atom. The number of nitrogens with one attached hydrogen (secondary N) is 1. The smallest absolute Gasteiger partial charge is 0.261 e. The maximum Gasteiger partial charge on any atom is 0.261 e. The zero-order valence-corrected chi connectivity index (χ0v) is 14.3. The molecule has 2 aromatic carbocycles. The van der Waals surface area contributed by atoms with E-state index in [0.29, 0.717) is 10.7 Å². The second kappa shape index (κ2) is 6.38. The van der Waals surface area contributed by atoms with Crippen LogP contribution in [0, 0.1) is 5.82 Å². The maximum absolute atomic E-state index is 13.8. The SMILES string of the molecule is CC(=O)n1c(O)c(C(=O)Nc2ccc(Cl)cc2)c2cc(Cl)c(F)cc21. The highest BCUT2D eigenvalue weighted by Crippen LogP contribution is 2.35. The van der Waals surface area contributed by atoms with Gasteiger partial charge in [-0.15, -0.1) is 0 Å². The predicted octanol–water partition coefficient (Wildman–Crippen LogP) is 4.71. The van der Waals surface area contributed by atoms with Crippen LogP contribution in [0.4, 0.5) is 10.1 Å². The molecule has 0 aliphatic carbocycles. The Kier molecular flexibility index (Phi) is 4.41. The number of fused-ring (bicyclic) bond motifs is 1. The Morgan fingerprint density at radius 2 is 1.80 bits per heavy atom. The molecule has 128 valence electrons. The zero-order chi connectivity index (χ0) is 18.3. The summed E-state index contributed by atoms with van der Waals surface area (Å²) in [7, 11) is 0. The number of amides is 1. The number of aromatic hydroxyl groups is 1. The fourth-order valence-corrected chi connectivity index (χ4v) is 2.83. The predicted molar refractivity (Wildman–Crippen MR) is 94.3 cm³/mol. The van der Waals surface area contributed by atoms with Crippen LogP contribution in [0.3, 0.4) is 0 Å². The van der Waals surface area contributed by atoms with Crippen molar-refractivity contribution in [1.82, 2.24) is 4.57 Å². The van der Waals surface area contributed by atoms with E-state index in [-0.39, 0.29) is 21.5 Å². The van der Waals surface area contributed by atoms with Gasteiger partial charge in [-0.2, -0.15) is 0 Å². The summed E-state index contributed by atoms with van der Waals surface area (Å²) in [5, 5.41) is 13.4. The number of hydrogen-bond donors (Lipinski definition) is 2. The van der Waals surface area contributed by atoms with Crippen LogP contribution in [0.15, 0.2) is 36.4 Å². The summed E-state index contributed by atoms with van der Waals surface area (Å²) in [5.41, 5.74) is 0.306. The third-order valence-electron chi connectivity index (χ3n) is 3.63. The van der Waals surface area contributed by atoms with Gasteiger partial charge in [0.05, 0.1) is 10.5 Å². The van der Waals surface area contributed by atoms with Crippen molar-refractivity contribution in [2.24, 2.45) is 0 Å². The average Bonchev–Trinajstić information content (AvgIpc) is 2.81. The molecule has 0 aliphatic rings. The van der Waals surface area contributed by atoms with Gasteiger partial charge >= 0.3 is 0 Å². The van der Waals surface area contributed by atoms with Gasteiger partial charge in [-0.05, 0) is 30.3 Å². The fourth-order valence-electron chi connectivity index (χ4n) is 2.54. The highest BCUT2D eigenvalue weighted by atomic mass is 35.5. The summed E-state index contributed by atoms with van der Waals surface area (Å²) in [6, 6.07) is 8.52. The fraction of sp³-hybridized carbons (Fsp3) is 0.0588. The molecule has 0 saturated heterocycles. The molecular formula is C17H11Cl2FN2O3. The first-order valence-corrected chi connectivity index (χ1v) is 7.85. The molecule has 2 N–H and O–H groups in total. The highest BCUT2D eigenvalue weighted by Gasteiger charge is 2.25. The van der Waals surface area contributed by atoms with Crippen molar-refractivity contribution >= 4 is 51.6 Å². The van der Waals surface area contributed by atoms with Crippen LogP contribution < -0.4 is 5.32 Å². The topological polar surface area (TPSA) is 71.3 Å². The van der Waals surface area contributed by atoms with Crippen LogP contribution in [0.5, 0.6) is 5.88 Å². The van der Waals surface area contributed by atoms with Crippen LogP contribution in [0.1, 0.15) is 22.1 Å². The minimum atomic E-state index is -0.765. The van der Waals surface area contributed by atoms with E-state index in [4.69, 9.17) is 23.2 Å². The second-order valence-corrected chi connectivity index (χ2v) is 6.14. The Balaban J connectivity index is 2.16. The summed E-state index contributed by atoms with van der Waals surface area (Å²) in [6.45, 7) is 1.19. The molecule has 1 amide bonds. The first-order valence-electron chi connectivity index (χ1n) is 7.10. The number of nitrogens with zero attached hydrogens (tertiary/aromatic N) is 1. The van der Waals surface area contributed by atoms with Gasteiger partial charge in [0, 0.05) is 29.1 Å². The van der Waals surface area contributed by atoms with Gasteiger partial charge in [0.25, 0.3) is 5.91 Å². The number of halogens is 3. The van der Waals surface area contributed by atoms with Crippen molar-refractivity contribution < 1.29 is 19.1 Å². The lowest BCUT2D eigenvalue weighted by Crippen LogP contribution is -2.12. The maximum atomic E-state index is 13.8. The van der Waals surface area contributed by atoms with Crippen LogP contribution in [0.2, 0.25) is 10.0 Å². The Labute approximate surface area is 151 Å². The van der Waals surface area contributed by atoms with Gasteiger partial charge in [-0.1, -0.05) is 23.2 Å². The Hall–Kier alpha value is -2.57. The number of hydrogen-bond acceptors (Lipinski definition) is 3. The molecule has 5 nitrogen and oxygen atoms in total. The van der Waals surface area contributed by atoms with Crippen LogP contribution in [-0.2, 0) is 0 Å². The first-order chi connectivity index (χ1) is 11.8. The number of anilines is 1. The minimum Gasteiger partial charge on any atom is -0.494 e. The largest absolute Gasteiger partial charge is 0.494 e. The van der Waals surface area contributed by atoms with E-state index in [9.17, 15) is 19.1 Å². The summed E-state index contributed by atoms with van der Waals surface area (Å²) in [6.07, 6.45) is 0. The van der Waals surface area contributed by atoms with E-state index in [1.165, 1.54) is 13.0 Å². The first kappa shape index (κ1) is 17.3. The Morgan fingerprint density at radius 1 is 1.16 bits per heavy atom. The normalized spacial score (nSPS) is 10.9. The van der Waals surface area contributed by atoms with E-state index in [0.717, 1.165) is 10.6 Å². The van der Waals surface area contributed by atoms with E-state index in [2.05, 4.69) is 5.32 Å². The lowest BCUT2D eigenvalue weighted by molar-refractivity contribution is 0.0933. The lowest BCUT2D eigenvalue weighted by Gasteiger charge is -2.05. The minimum absolute atomic E-state index is 0.0492. The molecule has 3 rings (SSSR count). The van der Waals surface area contributed by atoms with Crippen molar-refractivity contribution in [2.45, 2.75) is 6.92 Å². The van der Waals surface area contributed by atoms with E-state index in [1.807, 2.05) is 0 Å². The summed E-state index contributed by atoms with van der Waals surface area (Å²) < 4.78 is 14.6. The van der Waals surface area contributed by atoms with Crippen molar-refractivity contribution in [3.8, 4) is 5.88 Å². The third-order valence-corrected chi connectivity index (χ3v) is 4.17. The molecule has 0 fully saturated rings. The van der Waals surface area contributed by atoms with Crippen molar-refractivity contribution in [1.29, 1.82) is 0 Å². The number of rotatable bonds is 2. The van der Waals surface area contributed by atoms with E-state index in [1.54, 1.807) is 24.3 Å². The molecule has 0 atom stereocenters. The van der Waals surface area contributed by atoms with Crippen LogP contribution in [-0.4, -0.2) is 21.5 Å². The molecule has 3 aromatic rings. The molecular weight excluding hydrogens is 370 g/mol. The van der Waals surface area contributed by atoms with Gasteiger partial charge in [0.15, 0.2) is 0 Å². The second-order valence-electron chi connectivity index (χ2n) is 5.30. The van der Waals surface area contributed by atoms with Crippen molar-refractivity contribution in [3.05, 3.63) is 57.8 Å². The third kappa shape index (κ3) is 3.06. The van der Waals surface area contributed by atoms with Gasteiger partial charge in [-0.3, -0.25) is 9.59 Å². The molecule has 0 aliphatic heterocycles. The molecule has 1 heterocycles. The lowest BCUT2D eigenvalue weighted by atomic mass is 10.1. The molecule has 1 aromatic heterocycles. The van der Waals surface area contributed by atoms with Gasteiger partial charge in [0.1, 0.15) is 11.4 Å². The van der Waals surface area contributed by atoms with E-state index >= 15 is 0 Å². The van der Waals surface area contributed by atoms with Crippen molar-refractivity contribution in [2.75, 3.05) is 5.32 Å². The van der Waals surface area contributed by atoms with Gasteiger partial charge < -0.3 is 10.4 Å². The van der Waals surface area contributed by atoms with E-state index < -0.39 is 23.5 Å². The van der Waals surface area contributed by atoms with Crippen LogP contribution >= 0.6 is 23.2 Å². The molecule has 0 radical (unpaired) electrons. The summed E-state index contributed by atoms with van der Waals surface area (Å²) in [5.74, 6) is -2.60. The average molecular weight is 381 g/mol. The summed E-state index contributed by atoms with van der Waals surface area (Å²) in [4.78, 5) is 24.4. The monoisotopic (exact) mass is 380 g/mol. The number of benzene rings is 2. The molecule has 0 spiro atoms. The van der Waals surface area contributed by atoms with Gasteiger partial charge in [0.2, 0.25) is 11.8 Å².